The molecule has 1 aromatic heterocycles. The third-order valence-electron chi connectivity index (χ3n) is 3.73. The molecule has 0 aromatic carbocycles. The van der Waals surface area contributed by atoms with Gasteiger partial charge in [-0.3, -0.25) is 4.79 Å². The second-order valence-electron chi connectivity index (χ2n) is 5.76. The first-order chi connectivity index (χ1) is 9.41. The molecule has 1 N–H and O–H groups in total. The van der Waals surface area contributed by atoms with Gasteiger partial charge in [-0.15, -0.1) is 10.2 Å². The highest BCUT2D eigenvalue weighted by molar-refractivity contribution is 5.91. The smallest absolute Gasteiger partial charge is 0.273 e. The molecule has 1 amide bonds. The average molecular weight is 278 g/mol. The van der Waals surface area contributed by atoms with E-state index in [0.29, 0.717) is 18.1 Å². The van der Waals surface area contributed by atoms with E-state index in [-0.39, 0.29) is 5.91 Å². The molecule has 0 spiro atoms. The molecule has 0 atom stereocenters. The van der Waals surface area contributed by atoms with Gasteiger partial charge >= 0.3 is 0 Å². The van der Waals surface area contributed by atoms with Crippen LogP contribution in [-0.2, 0) is 0 Å². The number of likely N-dealkylation sites (N-methyl/N-ethyl adjacent to an activating group) is 1. The standard InChI is InChI=1S/C14H22N4O2/c1-17(2)13(19)11-6-7-12(16-15-11)18(3)10-14(20)8-4-5-9-14/h6-7,20H,4-5,8-10H2,1-3H3. The third-order valence-corrected chi connectivity index (χ3v) is 3.73. The quantitative estimate of drug-likeness (QED) is 0.887. The Morgan fingerprint density at radius 1 is 1.25 bits per heavy atom. The molecule has 20 heavy (non-hydrogen) atoms. The van der Waals surface area contributed by atoms with Crippen molar-refractivity contribution in [3.63, 3.8) is 0 Å². The maximum Gasteiger partial charge on any atom is 0.273 e. The van der Waals surface area contributed by atoms with Crippen LogP contribution in [0.4, 0.5) is 5.82 Å². The monoisotopic (exact) mass is 278 g/mol. The summed E-state index contributed by atoms with van der Waals surface area (Å²) < 4.78 is 0. The summed E-state index contributed by atoms with van der Waals surface area (Å²) in [5.74, 6) is 0.502. The molecule has 1 aliphatic rings. The Morgan fingerprint density at radius 3 is 2.40 bits per heavy atom. The van der Waals surface area contributed by atoms with Crippen molar-refractivity contribution in [1.82, 2.24) is 15.1 Å². The van der Waals surface area contributed by atoms with Crippen molar-refractivity contribution in [3.8, 4) is 0 Å². The van der Waals surface area contributed by atoms with E-state index in [2.05, 4.69) is 10.2 Å². The average Bonchev–Trinajstić information content (AvgIpc) is 2.84. The molecule has 0 bridgehead atoms. The van der Waals surface area contributed by atoms with Gasteiger partial charge in [-0.25, -0.2) is 0 Å². The number of carbonyl (C=O) groups excluding carboxylic acids is 1. The van der Waals surface area contributed by atoms with E-state index >= 15 is 0 Å². The number of anilines is 1. The number of aliphatic hydroxyl groups is 1. The largest absolute Gasteiger partial charge is 0.388 e. The molecular formula is C14H22N4O2. The van der Waals surface area contributed by atoms with Crippen LogP contribution in [0.25, 0.3) is 0 Å². The summed E-state index contributed by atoms with van der Waals surface area (Å²) in [4.78, 5) is 15.1. The number of nitrogens with zero attached hydrogens (tertiary/aromatic N) is 4. The summed E-state index contributed by atoms with van der Waals surface area (Å²) in [7, 11) is 5.24. The van der Waals surface area contributed by atoms with Crippen LogP contribution < -0.4 is 4.90 Å². The van der Waals surface area contributed by atoms with Gasteiger partial charge in [0.2, 0.25) is 0 Å². The molecule has 1 fully saturated rings. The van der Waals surface area contributed by atoms with Crippen molar-refractivity contribution in [3.05, 3.63) is 17.8 Å². The summed E-state index contributed by atoms with van der Waals surface area (Å²) in [6.45, 7) is 0.544. The lowest BCUT2D eigenvalue weighted by atomic mass is 10.0. The Hall–Kier alpha value is -1.69. The number of hydrogen-bond donors (Lipinski definition) is 1. The molecule has 0 saturated heterocycles. The maximum atomic E-state index is 11.7. The van der Waals surface area contributed by atoms with E-state index in [0.717, 1.165) is 25.7 Å². The lowest BCUT2D eigenvalue weighted by Gasteiger charge is -2.29. The van der Waals surface area contributed by atoms with E-state index < -0.39 is 5.60 Å². The van der Waals surface area contributed by atoms with Crippen LogP contribution in [0.3, 0.4) is 0 Å². The van der Waals surface area contributed by atoms with Gasteiger partial charge < -0.3 is 14.9 Å². The first-order valence-corrected chi connectivity index (χ1v) is 6.90. The van der Waals surface area contributed by atoms with Crippen molar-refractivity contribution >= 4 is 11.7 Å². The van der Waals surface area contributed by atoms with E-state index in [4.69, 9.17) is 0 Å². The first kappa shape index (κ1) is 14.7. The molecule has 2 rings (SSSR count). The van der Waals surface area contributed by atoms with Gasteiger partial charge in [-0.05, 0) is 25.0 Å². The van der Waals surface area contributed by atoms with E-state index in [1.165, 1.54) is 4.90 Å². The normalized spacial score (nSPS) is 17.0. The molecule has 0 unspecified atom stereocenters. The number of rotatable bonds is 4. The van der Waals surface area contributed by atoms with Crippen LogP contribution in [0.5, 0.6) is 0 Å². The van der Waals surface area contributed by atoms with Gasteiger partial charge in [0.15, 0.2) is 11.5 Å². The maximum absolute atomic E-state index is 11.7. The molecule has 1 aromatic rings. The zero-order chi connectivity index (χ0) is 14.8. The van der Waals surface area contributed by atoms with E-state index in [1.807, 2.05) is 11.9 Å². The minimum Gasteiger partial charge on any atom is -0.388 e. The second-order valence-corrected chi connectivity index (χ2v) is 5.76. The van der Waals surface area contributed by atoms with E-state index in [9.17, 15) is 9.90 Å². The van der Waals surface area contributed by atoms with Crippen LogP contribution >= 0.6 is 0 Å². The van der Waals surface area contributed by atoms with Gasteiger partial charge in [0.05, 0.1) is 5.60 Å². The molecule has 0 radical (unpaired) electrons. The van der Waals surface area contributed by atoms with Crippen molar-refractivity contribution in [1.29, 1.82) is 0 Å². The van der Waals surface area contributed by atoms with E-state index in [1.54, 1.807) is 26.2 Å². The Labute approximate surface area is 119 Å². The number of amides is 1. The topological polar surface area (TPSA) is 69.6 Å². The fraction of sp³-hybridized carbons (Fsp3) is 0.643. The molecule has 1 saturated carbocycles. The Balaban J connectivity index is 2.04. The molecule has 110 valence electrons. The fourth-order valence-corrected chi connectivity index (χ4v) is 2.59. The highest BCUT2D eigenvalue weighted by atomic mass is 16.3. The predicted molar refractivity (Wildman–Crippen MR) is 76.7 cm³/mol. The number of carbonyl (C=O) groups is 1. The molecule has 0 aliphatic heterocycles. The zero-order valence-corrected chi connectivity index (χ0v) is 12.3. The van der Waals surface area contributed by atoms with Gasteiger partial charge in [0, 0.05) is 27.7 Å². The summed E-state index contributed by atoms with van der Waals surface area (Å²) >= 11 is 0. The Bertz CT molecular complexity index is 467. The van der Waals surface area contributed by atoms with Crippen molar-refractivity contribution < 1.29 is 9.90 Å². The highest BCUT2D eigenvalue weighted by Crippen LogP contribution is 2.30. The third kappa shape index (κ3) is 3.25. The summed E-state index contributed by atoms with van der Waals surface area (Å²) in [5, 5.41) is 18.4. The van der Waals surface area contributed by atoms with Gasteiger partial charge in [-0.2, -0.15) is 0 Å². The van der Waals surface area contributed by atoms with Crippen LogP contribution in [0.2, 0.25) is 0 Å². The van der Waals surface area contributed by atoms with Crippen LogP contribution in [0.1, 0.15) is 36.2 Å². The van der Waals surface area contributed by atoms with Crippen molar-refractivity contribution in [2.24, 2.45) is 0 Å². The fourth-order valence-electron chi connectivity index (χ4n) is 2.59. The molecule has 1 aliphatic carbocycles. The van der Waals surface area contributed by atoms with Crippen LogP contribution in [0.15, 0.2) is 12.1 Å². The van der Waals surface area contributed by atoms with Gasteiger partial charge in [0.1, 0.15) is 0 Å². The highest BCUT2D eigenvalue weighted by Gasteiger charge is 2.32. The van der Waals surface area contributed by atoms with Crippen molar-refractivity contribution in [2.45, 2.75) is 31.3 Å². The molecule has 6 nitrogen and oxygen atoms in total. The van der Waals surface area contributed by atoms with Gasteiger partial charge in [0.25, 0.3) is 5.91 Å². The Kier molecular flexibility index (Phi) is 4.23. The zero-order valence-electron chi connectivity index (χ0n) is 12.3. The van der Waals surface area contributed by atoms with Crippen LogP contribution in [-0.4, -0.2) is 59.4 Å². The molecule has 1 heterocycles. The number of aromatic nitrogens is 2. The van der Waals surface area contributed by atoms with Crippen molar-refractivity contribution in [2.75, 3.05) is 32.6 Å². The SMILES string of the molecule is CN(C)C(=O)c1ccc(N(C)CC2(O)CCCC2)nn1. The predicted octanol–water partition coefficient (Wildman–Crippen LogP) is 0.920. The minimum atomic E-state index is -0.617. The first-order valence-electron chi connectivity index (χ1n) is 6.90. The Morgan fingerprint density at radius 2 is 1.90 bits per heavy atom. The number of hydrogen-bond acceptors (Lipinski definition) is 5. The van der Waals surface area contributed by atoms with Gasteiger partial charge in [-0.1, -0.05) is 12.8 Å². The lowest BCUT2D eigenvalue weighted by molar-refractivity contribution is 0.0557. The molecular weight excluding hydrogens is 256 g/mol. The summed E-state index contributed by atoms with van der Waals surface area (Å²) in [5.41, 5.74) is -0.291. The minimum absolute atomic E-state index is 0.166. The molecule has 6 heteroatoms. The summed E-state index contributed by atoms with van der Waals surface area (Å²) in [6.07, 6.45) is 3.82. The van der Waals surface area contributed by atoms with Crippen LogP contribution in [0, 0.1) is 0 Å². The summed E-state index contributed by atoms with van der Waals surface area (Å²) in [6, 6.07) is 3.43. The lowest BCUT2D eigenvalue weighted by Crippen LogP contribution is -2.39. The second kappa shape index (κ2) is 5.75.